The molecule has 1 N–H and O–H groups in total. The number of nitriles is 1. The molecule has 0 atom stereocenters. The molecule has 2 aromatic carbocycles. The first kappa shape index (κ1) is 14.0. The minimum absolute atomic E-state index is 0.106. The average Bonchev–Trinajstić information content (AvgIpc) is 2.47. The van der Waals surface area contributed by atoms with Gasteiger partial charge < -0.3 is 9.84 Å². The zero-order valence-corrected chi connectivity index (χ0v) is 10.8. The molecule has 102 valence electrons. The number of nitrogens with zero attached hydrogens (tertiary/aromatic N) is 1. The molecule has 3 nitrogen and oxygen atoms in total. The van der Waals surface area contributed by atoms with Crippen LogP contribution in [0, 0.1) is 17.1 Å². The Morgan fingerprint density at radius 3 is 2.55 bits per heavy atom. The van der Waals surface area contributed by atoms with Crippen molar-refractivity contribution in [3.8, 4) is 11.8 Å². The van der Waals surface area contributed by atoms with Crippen LogP contribution in [-0.2, 0) is 13.0 Å². The lowest BCUT2D eigenvalue weighted by molar-refractivity contribution is 0.298. The maximum absolute atomic E-state index is 13.2. The quantitative estimate of drug-likeness (QED) is 0.909. The standard InChI is InChI=1S/C16H14FNO2/c17-15-4-3-13(10-18)14(9-15)11-20-16-5-1-12(2-6-16)7-8-19/h1-6,9,19H,7-8,11H2. The van der Waals surface area contributed by atoms with Crippen LogP contribution in [0.3, 0.4) is 0 Å². The van der Waals surface area contributed by atoms with Crippen molar-refractivity contribution in [1.29, 1.82) is 5.26 Å². The highest BCUT2D eigenvalue weighted by atomic mass is 19.1. The third-order valence-electron chi connectivity index (χ3n) is 2.91. The fraction of sp³-hybridized carbons (Fsp3) is 0.188. The zero-order valence-electron chi connectivity index (χ0n) is 10.8. The minimum atomic E-state index is -0.388. The molecule has 0 saturated heterocycles. The predicted molar refractivity (Wildman–Crippen MR) is 72.7 cm³/mol. The fourth-order valence-corrected chi connectivity index (χ4v) is 1.83. The number of hydrogen-bond donors (Lipinski definition) is 1. The van der Waals surface area contributed by atoms with Crippen molar-refractivity contribution in [3.05, 3.63) is 65.0 Å². The summed E-state index contributed by atoms with van der Waals surface area (Å²) >= 11 is 0. The van der Waals surface area contributed by atoms with Gasteiger partial charge in [-0.1, -0.05) is 12.1 Å². The Hall–Kier alpha value is -2.38. The highest BCUT2D eigenvalue weighted by Gasteiger charge is 2.05. The number of aliphatic hydroxyl groups excluding tert-OH is 1. The van der Waals surface area contributed by atoms with E-state index in [0.29, 0.717) is 23.3 Å². The van der Waals surface area contributed by atoms with E-state index in [-0.39, 0.29) is 19.0 Å². The number of hydrogen-bond acceptors (Lipinski definition) is 3. The third kappa shape index (κ3) is 3.56. The van der Waals surface area contributed by atoms with Crippen LogP contribution in [0.2, 0.25) is 0 Å². The van der Waals surface area contributed by atoms with Crippen molar-refractivity contribution >= 4 is 0 Å². The number of halogens is 1. The zero-order chi connectivity index (χ0) is 14.4. The molecule has 0 bridgehead atoms. The molecule has 0 heterocycles. The van der Waals surface area contributed by atoms with Crippen molar-refractivity contribution in [3.63, 3.8) is 0 Å². The summed E-state index contributed by atoms with van der Waals surface area (Å²) in [6.45, 7) is 0.245. The van der Waals surface area contributed by atoms with Crippen LogP contribution in [0.5, 0.6) is 5.75 Å². The Kier molecular flexibility index (Phi) is 4.70. The van der Waals surface area contributed by atoms with E-state index in [0.717, 1.165) is 5.56 Å². The Balaban J connectivity index is 2.05. The first-order valence-electron chi connectivity index (χ1n) is 6.24. The molecule has 0 spiro atoms. The maximum atomic E-state index is 13.2. The van der Waals surface area contributed by atoms with Gasteiger partial charge in [0.1, 0.15) is 18.2 Å². The first-order chi connectivity index (χ1) is 9.72. The second kappa shape index (κ2) is 6.69. The van der Waals surface area contributed by atoms with E-state index in [2.05, 4.69) is 0 Å². The molecule has 0 aliphatic heterocycles. The number of benzene rings is 2. The molecule has 0 aliphatic carbocycles. The molecule has 0 fully saturated rings. The molecule has 0 unspecified atom stereocenters. The van der Waals surface area contributed by atoms with Crippen LogP contribution in [0.1, 0.15) is 16.7 Å². The molecule has 0 amide bonds. The van der Waals surface area contributed by atoms with Gasteiger partial charge in [0.2, 0.25) is 0 Å². The van der Waals surface area contributed by atoms with Crippen LogP contribution in [0.4, 0.5) is 4.39 Å². The summed E-state index contributed by atoms with van der Waals surface area (Å²) in [6, 6.07) is 13.3. The molecule has 20 heavy (non-hydrogen) atoms. The summed E-state index contributed by atoms with van der Waals surface area (Å²) in [5, 5.41) is 17.8. The van der Waals surface area contributed by atoms with Gasteiger partial charge >= 0.3 is 0 Å². The van der Waals surface area contributed by atoms with E-state index in [1.54, 1.807) is 12.1 Å². The van der Waals surface area contributed by atoms with Gasteiger partial charge in [0.05, 0.1) is 11.6 Å². The molecular formula is C16H14FNO2. The van der Waals surface area contributed by atoms with Gasteiger partial charge in [-0.05, 0) is 42.3 Å². The topological polar surface area (TPSA) is 53.2 Å². The Morgan fingerprint density at radius 1 is 1.15 bits per heavy atom. The van der Waals surface area contributed by atoms with Crippen LogP contribution in [0.15, 0.2) is 42.5 Å². The molecule has 2 aromatic rings. The van der Waals surface area contributed by atoms with Gasteiger partial charge in [0, 0.05) is 12.2 Å². The van der Waals surface area contributed by atoms with Crippen molar-refractivity contribution in [2.24, 2.45) is 0 Å². The largest absolute Gasteiger partial charge is 0.489 e. The van der Waals surface area contributed by atoms with E-state index in [1.165, 1.54) is 18.2 Å². The molecule has 4 heteroatoms. The van der Waals surface area contributed by atoms with E-state index < -0.39 is 0 Å². The lowest BCUT2D eigenvalue weighted by Gasteiger charge is -2.08. The van der Waals surface area contributed by atoms with Crippen molar-refractivity contribution in [1.82, 2.24) is 0 Å². The number of ether oxygens (including phenoxy) is 1. The predicted octanol–water partition coefficient (Wildman–Crippen LogP) is 2.81. The van der Waals surface area contributed by atoms with Gasteiger partial charge in [-0.2, -0.15) is 5.26 Å². The molecule has 0 aliphatic rings. The van der Waals surface area contributed by atoms with E-state index in [4.69, 9.17) is 15.1 Å². The lowest BCUT2D eigenvalue weighted by atomic mass is 10.1. The first-order valence-corrected chi connectivity index (χ1v) is 6.24. The lowest BCUT2D eigenvalue weighted by Crippen LogP contribution is -1.99. The molecule has 2 rings (SSSR count). The summed E-state index contributed by atoms with van der Waals surface area (Å²) in [5.74, 6) is 0.251. The van der Waals surface area contributed by atoms with Gasteiger partial charge in [-0.3, -0.25) is 0 Å². The fourth-order valence-electron chi connectivity index (χ4n) is 1.83. The molecule has 0 radical (unpaired) electrons. The average molecular weight is 271 g/mol. The summed E-state index contributed by atoms with van der Waals surface area (Å²) in [7, 11) is 0. The summed E-state index contributed by atoms with van der Waals surface area (Å²) < 4.78 is 18.7. The molecule has 0 aromatic heterocycles. The van der Waals surface area contributed by atoms with E-state index >= 15 is 0 Å². The van der Waals surface area contributed by atoms with Crippen LogP contribution in [0.25, 0.3) is 0 Å². The molecular weight excluding hydrogens is 257 g/mol. The van der Waals surface area contributed by atoms with Gasteiger partial charge in [0.25, 0.3) is 0 Å². The highest BCUT2D eigenvalue weighted by molar-refractivity contribution is 5.38. The summed E-state index contributed by atoms with van der Waals surface area (Å²) in [5.41, 5.74) is 1.94. The van der Waals surface area contributed by atoms with Crippen molar-refractivity contribution in [2.45, 2.75) is 13.0 Å². The van der Waals surface area contributed by atoms with E-state index in [1.807, 2.05) is 18.2 Å². The summed E-state index contributed by atoms with van der Waals surface area (Å²) in [6.07, 6.45) is 0.600. The Morgan fingerprint density at radius 2 is 1.90 bits per heavy atom. The SMILES string of the molecule is N#Cc1ccc(F)cc1COc1ccc(CCO)cc1. The number of rotatable bonds is 5. The maximum Gasteiger partial charge on any atom is 0.123 e. The third-order valence-corrected chi connectivity index (χ3v) is 2.91. The second-order valence-electron chi connectivity index (χ2n) is 4.32. The highest BCUT2D eigenvalue weighted by Crippen LogP contribution is 2.17. The van der Waals surface area contributed by atoms with Crippen LogP contribution >= 0.6 is 0 Å². The second-order valence-corrected chi connectivity index (χ2v) is 4.32. The van der Waals surface area contributed by atoms with Gasteiger partial charge in [-0.25, -0.2) is 4.39 Å². The summed E-state index contributed by atoms with van der Waals surface area (Å²) in [4.78, 5) is 0. The van der Waals surface area contributed by atoms with Gasteiger partial charge in [-0.15, -0.1) is 0 Å². The van der Waals surface area contributed by atoms with Crippen molar-refractivity contribution in [2.75, 3.05) is 6.61 Å². The smallest absolute Gasteiger partial charge is 0.123 e. The normalized spacial score (nSPS) is 10.1. The van der Waals surface area contributed by atoms with Crippen molar-refractivity contribution < 1.29 is 14.2 Å². The van der Waals surface area contributed by atoms with Gasteiger partial charge in [0.15, 0.2) is 0 Å². The monoisotopic (exact) mass is 271 g/mol. The minimum Gasteiger partial charge on any atom is -0.489 e. The Labute approximate surface area is 116 Å². The number of aliphatic hydroxyl groups is 1. The van der Waals surface area contributed by atoms with Crippen LogP contribution < -0.4 is 4.74 Å². The Bertz CT molecular complexity index is 617. The van der Waals surface area contributed by atoms with E-state index in [9.17, 15) is 4.39 Å². The van der Waals surface area contributed by atoms with Crippen LogP contribution in [-0.4, -0.2) is 11.7 Å². The molecule has 0 saturated carbocycles.